The van der Waals surface area contributed by atoms with Crippen molar-refractivity contribution in [3.8, 4) is 0 Å². The van der Waals surface area contributed by atoms with Crippen LogP contribution in [0.4, 0.5) is 0 Å². The fourth-order valence-corrected chi connectivity index (χ4v) is 2.85. The molecule has 8 nitrogen and oxygen atoms in total. The van der Waals surface area contributed by atoms with E-state index in [1.165, 1.54) is 0 Å². The minimum Gasteiger partial charge on any atom is -0.305 e. The SMILES string of the molecule is NC(Cc1ccccc1)OP(=O)(O)OP(=O)(O)O. The lowest BCUT2D eigenvalue weighted by Gasteiger charge is -2.17. The first-order chi connectivity index (χ1) is 8.18. The molecule has 0 aliphatic carbocycles. The van der Waals surface area contributed by atoms with Crippen LogP contribution >= 0.6 is 15.6 Å². The van der Waals surface area contributed by atoms with Crippen LogP contribution in [0.15, 0.2) is 30.3 Å². The van der Waals surface area contributed by atoms with Gasteiger partial charge in [0.25, 0.3) is 0 Å². The molecule has 0 aliphatic heterocycles. The number of phosphoric ester groups is 1. The van der Waals surface area contributed by atoms with Gasteiger partial charge in [0.2, 0.25) is 0 Å². The van der Waals surface area contributed by atoms with E-state index < -0.39 is 21.9 Å². The van der Waals surface area contributed by atoms with Crippen LogP contribution in [0, 0.1) is 0 Å². The molecule has 0 heterocycles. The number of nitrogens with two attached hydrogens (primary N) is 1. The summed E-state index contributed by atoms with van der Waals surface area (Å²) in [6.07, 6.45) is -1.13. The summed E-state index contributed by atoms with van der Waals surface area (Å²) in [7, 11) is -10.0. The Morgan fingerprint density at radius 2 is 1.72 bits per heavy atom. The van der Waals surface area contributed by atoms with Crippen molar-refractivity contribution < 1.29 is 32.6 Å². The van der Waals surface area contributed by atoms with E-state index in [4.69, 9.17) is 20.4 Å². The minimum atomic E-state index is -5.12. The molecule has 0 radical (unpaired) electrons. The van der Waals surface area contributed by atoms with Crippen LogP contribution in [0.25, 0.3) is 0 Å². The predicted octanol–water partition coefficient (Wildman–Crippen LogP) is 0.740. The van der Waals surface area contributed by atoms with Gasteiger partial charge in [0.1, 0.15) is 6.23 Å². The second-order valence-electron chi connectivity index (χ2n) is 3.37. The van der Waals surface area contributed by atoms with E-state index >= 15 is 0 Å². The van der Waals surface area contributed by atoms with Gasteiger partial charge >= 0.3 is 15.6 Å². The maximum Gasteiger partial charge on any atom is 0.482 e. The van der Waals surface area contributed by atoms with Gasteiger partial charge in [-0.2, -0.15) is 4.31 Å². The lowest BCUT2D eigenvalue weighted by molar-refractivity contribution is 0.130. The Morgan fingerprint density at radius 3 is 2.22 bits per heavy atom. The number of phosphoric acid groups is 2. The average molecular weight is 297 g/mol. The van der Waals surface area contributed by atoms with Crippen LogP contribution in [0.5, 0.6) is 0 Å². The molecule has 0 saturated heterocycles. The summed E-state index contributed by atoms with van der Waals surface area (Å²) in [5.74, 6) is 0. The molecule has 102 valence electrons. The number of hydrogen-bond acceptors (Lipinski definition) is 5. The van der Waals surface area contributed by atoms with Crippen molar-refractivity contribution >= 4 is 15.6 Å². The molecule has 0 aliphatic rings. The summed E-state index contributed by atoms with van der Waals surface area (Å²) in [5, 5.41) is 0. The smallest absolute Gasteiger partial charge is 0.305 e. The van der Waals surface area contributed by atoms with Gasteiger partial charge in [-0.3, -0.25) is 4.52 Å². The molecule has 0 fully saturated rings. The minimum absolute atomic E-state index is 0.0932. The first kappa shape index (κ1) is 15.5. The monoisotopic (exact) mass is 297 g/mol. The second-order valence-corrected chi connectivity index (χ2v) is 6.16. The van der Waals surface area contributed by atoms with Crippen molar-refractivity contribution in [3.63, 3.8) is 0 Å². The van der Waals surface area contributed by atoms with E-state index in [0.29, 0.717) is 0 Å². The molecule has 1 aromatic carbocycles. The normalized spacial score (nSPS) is 17.1. The Bertz CT molecular complexity index is 474. The Labute approximate surface area is 103 Å². The Balaban J connectivity index is 2.57. The highest BCUT2D eigenvalue weighted by Gasteiger charge is 2.34. The van der Waals surface area contributed by atoms with E-state index in [9.17, 15) is 9.13 Å². The third-order valence-corrected chi connectivity index (χ3v) is 3.97. The fourth-order valence-electron chi connectivity index (χ4n) is 1.21. The lowest BCUT2D eigenvalue weighted by atomic mass is 10.1. The summed E-state index contributed by atoms with van der Waals surface area (Å²) in [4.78, 5) is 25.8. The molecule has 5 N–H and O–H groups in total. The molecule has 0 saturated carbocycles. The average Bonchev–Trinajstić information content (AvgIpc) is 2.13. The molecule has 1 rings (SSSR count). The van der Waals surface area contributed by atoms with Gasteiger partial charge in [0.15, 0.2) is 0 Å². The van der Waals surface area contributed by atoms with Gasteiger partial charge in [-0.1, -0.05) is 30.3 Å². The molecule has 0 spiro atoms. The van der Waals surface area contributed by atoms with Crippen LogP contribution in [-0.2, 0) is 24.4 Å². The van der Waals surface area contributed by atoms with Crippen LogP contribution < -0.4 is 5.73 Å². The third-order valence-electron chi connectivity index (χ3n) is 1.76. The molecule has 18 heavy (non-hydrogen) atoms. The van der Waals surface area contributed by atoms with Crippen molar-refractivity contribution in [2.24, 2.45) is 5.73 Å². The maximum atomic E-state index is 11.2. The highest BCUT2D eigenvalue weighted by molar-refractivity contribution is 7.60. The molecule has 10 heteroatoms. The fraction of sp³-hybridized carbons (Fsp3) is 0.250. The first-order valence-electron chi connectivity index (χ1n) is 4.75. The summed E-state index contributed by atoms with van der Waals surface area (Å²) >= 11 is 0. The zero-order chi connectivity index (χ0) is 13.8. The Hall–Kier alpha value is -0.560. The van der Waals surface area contributed by atoms with Gasteiger partial charge in [0, 0.05) is 6.42 Å². The van der Waals surface area contributed by atoms with E-state index in [2.05, 4.69) is 8.83 Å². The van der Waals surface area contributed by atoms with Gasteiger partial charge < -0.3 is 20.4 Å². The zero-order valence-electron chi connectivity index (χ0n) is 9.12. The van der Waals surface area contributed by atoms with E-state index in [1.54, 1.807) is 30.3 Å². The van der Waals surface area contributed by atoms with Crippen molar-refractivity contribution in [2.75, 3.05) is 0 Å². The lowest BCUT2D eigenvalue weighted by Crippen LogP contribution is -2.25. The summed E-state index contributed by atoms with van der Waals surface area (Å²) in [6, 6.07) is 8.70. The molecule has 0 aromatic heterocycles. The number of hydrogen-bond donors (Lipinski definition) is 4. The van der Waals surface area contributed by atoms with Gasteiger partial charge in [0.05, 0.1) is 0 Å². The summed E-state index contributed by atoms with van der Waals surface area (Å²) in [5.41, 5.74) is 6.16. The Morgan fingerprint density at radius 1 is 1.17 bits per heavy atom. The maximum absolute atomic E-state index is 11.2. The number of rotatable bonds is 6. The highest BCUT2D eigenvalue weighted by atomic mass is 31.3. The largest absolute Gasteiger partial charge is 0.482 e. The number of benzene rings is 1. The van der Waals surface area contributed by atoms with Crippen LogP contribution in [0.3, 0.4) is 0 Å². The van der Waals surface area contributed by atoms with Crippen LogP contribution in [0.2, 0.25) is 0 Å². The first-order valence-corrected chi connectivity index (χ1v) is 7.78. The van der Waals surface area contributed by atoms with E-state index in [1.807, 2.05) is 0 Å². The zero-order valence-corrected chi connectivity index (χ0v) is 10.9. The predicted molar refractivity (Wildman–Crippen MR) is 62.2 cm³/mol. The molecule has 2 atom stereocenters. The third kappa shape index (κ3) is 6.39. The standard InChI is InChI=1S/C8H13NO7P2/c9-8(6-7-4-2-1-3-5-7)15-18(13,14)16-17(10,11)12/h1-5,8H,6,9H2,(H,13,14)(H2,10,11,12). The summed E-state index contributed by atoms with van der Waals surface area (Å²) < 4.78 is 29.6. The quantitative estimate of drug-likeness (QED) is 0.445. The second kappa shape index (κ2) is 6.06. The topological polar surface area (TPSA) is 139 Å². The molecular weight excluding hydrogens is 284 g/mol. The Kier molecular flexibility index (Phi) is 5.21. The summed E-state index contributed by atoms with van der Waals surface area (Å²) in [6.45, 7) is 0. The molecule has 0 amide bonds. The van der Waals surface area contributed by atoms with Gasteiger partial charge in [-0.15, -0.1) is 0 Å². The molecule has 1 aromatic rings. The van der Waals surface area contributed by atoms with Crippen molar-refractivity contribution in [2.45, 2.75) is 12.6 Å². The van der Waals surface area contributed by atoms with E-state index in [0.717, 1.165) is 5.56 Å². The van der Waals surface area contributed by atoms with Crippen LogP contribution in [0.1, 0.15) is 5.56 Å². The van der Waals surface area contributed by atoms with Crippen LogP contribution in [-0.4, -0.2) is 20.9 Å². The van der Waals surface area contributed by atoms with E-state index in [-0.39, 0.29) is 6.42 Å². The van der Waals surface area contributed by atoms with Crippen molar-refractivity contribution in [1.82, 2.24) is 0 Å². The molecular formula is C8H13NO7P2. The van der Waals surface area contributed by atoms with Gasteiger partial charge in [-0.25, -0.2) is 9.13 Å². The van der Waals surface area contributed by atoms with Gasteiger partial charge in [-0.05, 0) is 5.56 Å². The molecule has 2 unspecified atom stereocenters. The van der Waals surface area contributed by atoms with Crippen molar-refractivity contribution in [1.29, 1.82) is 0 Å². The van der Waals surface area contributed by atoms with Crippen molar-refractivity contribution in [3.05, 3.63) is 35.9 Å². The molecule has 0 bridgehead atoms. The highest BCUT2D eigenvalue weighted by Crippen LogP contribution is 2.57.